The summed E-state index contributed by atoms with van der Waals surface area (Å²) in [5.41, 5.74) is 1.56. The summed E-state index contributed by atoms with van der Waals surface area (Å²) in [7, 11) is 1.74. The number of likely N-dealkylation sites (N-methyl/N-ethyl adjacent to an activating group) is 1. The van der Waals surface area contributed by atoms with E-state index in [0.717, 1.165) is 5.56 Å². The van der Waals surface area contributed by atoms with Crippen LogP contribution in [-0.2, 0) is 16.0 Å². The van der Waals surface area contributed by atoms with Crippen LogP contribution in [0.25, 0.3) is 0 Å². The Balaban J connectivity index is 1.62. The van der Waals surface area contributed by atoms with Crippen molar-refractivity contribution in [2.24, 2.45) is 5.92 Å². The van der Waals surface area contributed by atoms with Crippen molar-refractivity contribution in [3.05, 3.63) is 68.1 Å². The number of carbonyl (C=O) groups excluding carboxylic acids is 4. The van der Waals surface area contributed by atoms with Gasteiger partial charge in [0.15, 0.2) is 0 Å². The molecule has 1 aliphatic rings. The van der Waals surface area contributed by atoms with Crippen molar-refractivity contribution in [1.29, 1.82) is 0 Å². The number of benzene rings is 1. The summed E-state index contributed by atoms with van der Waals surface area (Å²) in [6.07, 6.45) is 2.44. The van der Waals surface area contributed by atoms with E-state index in [1.165, 1.54) is 22.7 Å². The fourth-order valence-corrected chi connectivity index (χ4v) is 6.78. The van der Waals surface area contributed by atoms with E-state index in [-0.39, 0.29) is 59.4 Å². The van der Waals surface area contributed by atoms with E-state index >= 15 is 0 Å². The van der Waals surface area contributed by atoms with Crippen molar-refractivity contribution in [2.45, 2.75) is 71.0 Å². The minimum Gasteiger partial charge on any atom is -0.351 e. The van der Waals surface area contributed by atoms with E-state index in [2.05, 4.69) is 45.1 Å². The van der Waals surface area contributed by atoms with Gasteiger partial charge in [-0.3, -0.25) is 19.2 Å². The third-order valence-corrected chi connectivity index (χ3v) is 9.49. The van der Waals surface area contributed by atoms with Crippen LogP contribution in [0.1, 0.15) is 95.1 Å². The Morgan fingerprint density at radius 1 is 0.933 bits per heavy atom. The molecule has 3 heterocycles. The molecule has 242 valence electrons. The first-order valence-corrected chi connectivity index (χ1v) is 17.2. The Bertz CT molecular complexity index is 1440. The van der Waals surface area contributed by atoms with Crippen LogP contribution in [0.3, 0.4) is 0 Å². The molecule has 0 unspecified atom stereocenters. The minimum absolute atomic E-state index is 0.0543. The fraction of sp³-hybridized carbons (Fsp3) is 0.500. The molecule has 45 heavy (non-hydrogen) atoms. The summed E-state index contributed by atoms with van der Waals surface area (Å²) in [6, 6.07) is 8.60. The molecule has 4 amide bonds. The van der Waals surface area contributed by atoms with Crippen molar-refractivity contribution >= 4 is 46.3 Å². The van der Waals surface area contributed by atoms with Crippen LogP contribution in [0.5, 0.6) is 0 Å². The molecule has 1 aromatic carbocycles. The summed E-state index contributed by atoms with van der Waals surface area (Å²) in [6.45, 7) is 7.18. The van der Waals surface area contributed by atoms with Gasteiger partial charge in [0.1, 0.15) is 21.4 Å². The van der Waals surface area contributed by atoms with E-state index in [9.17, 15) is 19.2 Å². The highest BCUT2D eigenvalue weighted by Gasteiger charge is 2.26. The highest BCUT2D eigenvalue weighted by molar-refractivity contribution is 7.10. The molecule has 0 spiro atoms. The van der Waals surface area contributed by atoms with Gasteiger partial charge in [-0.1, -0.05) is 44.2 Å². The number of thiazole rings is 2. The van der Waals surface area contributed by atoms with Crippen LogP contribution < -0.4 is 21.3 Å². The highest BCUT2D eigenvalue weighted by Crippen LogP contribution is 2.27. The van der Waals surface area contributed by atoms with Gasteiger partial charge in [-0.25, -0.2) is 9.97 Å². The SMILES string of the molecule is CN[C@@H](C)C(=O)N1CCCNC(=O)c2csc(n2)[C@H](Cc2ccccc2)NC(=O)c2csc(n2)[C@H](CC(C)C)NC(=O)CCC1. The van der Waals surface area contributed by atoms with Crippen molar-refractivity contribution in [3.63, 3.8) is 0 Å². The lowest BCUT2D eigenvalue weighted by atomic mass is 10.0. The maximum Gasteiger partial charge on any atom is 0.271 e. The summed E-state index contributed by atoms with van der Waals surface area (Å²) >= 11 is 2.66. The fourth-order valence-electron chi connectivity index (χ4n) is 5.07. The Morgan fingerprint density at radius 3 is 2.24 bits per heavy atom. The second-order valence-corrected chi connectivity index (χ2v) is 13.4. The quantitative estimate of drug-likeness (QED) is 0.316. The number of carbonyl (C=O) groups is 4. The summed E-state index contributed by atoms with van der Waals surface area (Å²) in [5.74, 6) is -0.558. The zero-order chi connectivity index (χ0) is 32.3. The average molecular weight is 654 g/mol. The van der Waals surface area contributed by atoms with Gasteiger partial charge >= 0.3 is 0 Å². The molecule has 0 saturated carbocycles. The predicted molar refractivity (Wildman–Crippen MR) is 176 cm³/mol. The van der Waals surface area contributed by atoms with Gasteiger partial charge in [0, 0.05) is 36.8 Å². The van der Waals surface area contributed by atoms with E-state index < -0.39 is 6.04 Å². The maximum absolute atomic E-state index is 13.5. The first kappa shape index (κ1) is 34.2. The molecular formula is C32H43N7O4S2. The van der Waals surface area contributed by atoms with Gasteiger partial charge in [-0.2, -0.15) is 0 Å². The Hall–Kier alpha value is -3.68. The van der Waals surface area contributed by atoms with Gasteiger partial charge in [0.05, 0.1) is 18.1 Å². The maximum atomic E-state index is 13.5. The Morgan fingerprint density at radius 2 is 1.58 bits per heavy atom. The zero-order valence-corrected chi connectivity index (χ0v) is 27.9. The average Bonchev–Trinajstić information content (AvgIpc) is 3.72. The summed E-state index contributed by atoms with van der Waals surface area (Å²) in [4.78, 5) is 63.6. The van der Waals surface area contributed by atoms with Gasteiger partial charge in [-0.15, -0.1) is 22.7 Å². The van der Waals surface area contributed by atoms with E-state index in [4.69, 9.17) is 0 Å². The van der Waals surface area contributed by atoms with Crippen molar-refractivity contribution in [3.8, 4) is 0 Å². The summed E-state index contributed by atoms with van der Waals surface area (Å²) < 4.78 is 0. The zero-order valence-electron chi connectivity index (χ0n) is 26.3. The van der Waals surface area contributed by atoms with Crippen LogP contribution in [0.15, 0.2) is 41.1 Å². The standard InChI is InChI=1S/C32H43N7O4S2/c1-20(2)16-23-30-38-26(19-45-30)29(42)36-24(17-22-10-6-5-7-11-22)31-37-25(18-44-31)28(41)34-13-9-15-39(32(43)21(3)33-4)14-8-12-27(40)35-23/h5-7,10-11,18-21,23-24,33H,8-9,12-17H2,1-4H3,(H,34,41)(H,35,40)(H,36,42)/t21-,23-,24-/m0/s1. The van der Waals surface area contributed by atoms with Gasteiger partial charge < -0.3 is 26.2 Å². The topological polar surface area (TPSA) is 145 Å². The number of hydrogen-bond donors (Lipinski definition) is 4. The van der Waals surface area contributed by atoms with Gasteiger partial charge in [-0.05, 0) is 51.1 Å². The molecule has 4 bridgehead atoms. The van der Waals surface area contributed by atoms with Crippen molar-refractivity contribution < 1.29 is 19.2 Å². The first-order chi connectivity index (χ1) is 21.6. The minimum atomic E-state index is -0.481. The third kappa shape index (κ3) is 9.90. The Labute approximate surface area is 272 Å². The second-order valence-electron chi connectivity index (χ2n) is 11.7. The van der Waals surface area contributed by atoms with Crippen LogP contribution in [0.2, 0.25) is 0 Å². The molecule has 0 saturated heterocycles. The van der Waals surface area contributed by atoms with Crippen molar-refractivity contribution in [1.82, 2.24) is 36.1 Å². The van der Waals surface area contributed by atoms with E-state index in [1.807, 2.05) is 30.3 Å². The van der Waals surface area contributed by atoms with Crippen LogP contribution in [0.4, 0.5) is 0 Å². The number of aromatic nitrogens is 2. The molecule has 13 heteroatoms. The second kappa shape index (κ2) is 16.6. The predicted octanol–water partition coefficient (Wildman–Crippen LogP) is 3.87. The van der Waals surface area contributed by atoms with Crippen molar-refractivity contribution in [2.75, 3.05) is 26.7 Å². The lowest BCUT2D eigenvalue weighted by Gasteiger charge is -2.26. The molecule has 0 fully saturated rings. The van der Waals surface area contributed by atoms with Gasteiger partial charge in [0.2, 0.25) is 11.8 Å². The van der Waals surface area contributed by atoms with Crippen LogP contribution >= 0.6 is 22.7 Å². The number of nitrogens with zero attached hydrogens (tertiary/aromatic N) is 3. The Kier molecular flexibility index (Phi) is 12.6. The highest BCUT2D eigenvalue weighted by atomic mass is 32.1. The van der Waals surface area contributed by atoms with E-state index in [0.29, 0.717) is 55.3 Å². The smallest absolute Gasteiger partial charge is 0.271 e. The third-order valence-electron chi connectivity index (χ3n) is 7.57. The molecule has 11 nitrogen and oxygen atoms in total. The largest absolute Gasteiger partial charge is 0.351 e. The number of fused-ring (bicyclic) bond motifs is 4. The van der Waals surface area contributed by atoms with E-state index in [1.54, 1.807) is 29.6 Å². The van der Waals surface area contributed by atoms with Crippen LogP contribution in [0, 0.1) is 5.92 Å². The lowest BCUT2D eigenvalue weighted by molar-refractivity contribution is -0.133. The molecule has 2 aromatic heterocycles. The first-order valence-electron chi connectivity index (χ1n) is 15.4. The molecule has 3 atom stereocenters. The molecule has 1 aliphatic heterocycles. The van der Waals surface area contributed by atoms with Gasteiger partial charge in [0.25, 0.3) is 11.8 Å². The molecule has 3 aromatic rings. The lowest BCUT2D eigenvalue weighted by Crippen LogP contribution is -2.45. The number of hydrogen-bond acceptors (Lipinski definition) is 9. The van der Waals surface area contributed by atoms with Crippen LogP contribution in [-0.4, -0.2) is 71.2 Å². The molecule has 4 rings (SSSR count). The molecule has 4 N–H and O–H groups in total. The monoisotopic (exact) mass is 653 g/mol. The number of amides is 4. The normalized spacial score (nSPS) is 19.7. The number of rotatable bonds is 6. The molecular weight excluding hydrogens is 611 g/mol. The number of nitrogens with one attached hydrogen (secondary N) is 4. The summed E-state index contributed by atoms with van der Waals surface area (Å²) in [5, 5.41) is 16.8. The molecule has 0 radical (unpaired) electrons. The molecule has 0 aliphatic carbocycles.